The number of aryl methyl sites for hydroxylation is 1. The summed E-state index contributed by atoms with van der Waals surface area (Å²) in [5.41, 5.74) is 3.31. The minimum Gasteiger partial charge on any atom is -0.447 e. The summed E-state index contributed by atoms with van der Waals surface area (Å²) in [5, 5.41) is 2.04. The molecule has 0 saturated heterocycles. The van der Waals surface area contributed by atoms with Crippen molar-refractivity contribution in [3.63, 3.8) is 0 Å². The minimum absolute atomic E-state index is 0.365. The lowest BCUT2D eigenvalue weighted by Gasteiger charge is -2.20. The highest BCUT2D eigenvalue weighted by atomic mass is 16.5. The number of hydrogen-bond donors (Lipinski definition) is 0. The summed E-state index contributed by atoms with van der Waals surface area (Å²) in [4.78, 5) is 17.3. The van der Waals surface area contributed by atoms with Crippen molar-refractivity contribution in [2.45, 2.75) is 13.0 Å². The first-order valence-electron chi connectivity index (χ1n) is 8.88. The van der Waals surface area contributed by atoms with Crippen molar-refractivity contribution in [2.75, 3.05) is 0 Å². The molecule has 0 N–H and O–H groups in total. The van der Waals surface area contributed by atoms with Gasteiger partial charge in [-0.25, -0.2) is 4.79 Å². The third-order valence-electron chi connectivity index (χ3n) is 4.57. The Morgan fingerprint density at radius 1 is 0.852 bits per heavy atom. The molecule has 0 amide bonds. The predicted molar refractivity (Wildman–Crippen MR) is 107 cm³/mol. The molecule has 1 unspecified atom stereocenters. The molecule has 3 aromatic carbocycles. The normalized spacial score (nSPS) is 11.9. The summed E-state index contributed by atoms with van der Waals surface area (Å²) in [7, 11) is 0. The smallest absolute Gasteiger partial charge is 0.339 e. The third kappa shape index (κ3) is 3.58. The van der Waals surface area contributed by atoms with Gasteiger partial charge in [-0.05, 0) is 36.1 Å². The van der Waals surface area contributed by atoms with Gasteiger partial charge in [0.2, 0.25) is 0 Å². The van der Waals surface area contributed by atoms with Crippen LogP contribution in [0.2, 0.25) is 0 Å². The van der Waals surface area contributed by atoms with E-state index in [9.17, 15) is 4.79 Å². The average Bonchev–Trinajstić information content (AvgIpc) is 2.73. The Hall–Kier alpha value is -3.46. The van der Waals surface area contributed by atoms with Crippen molar-refractivity contribution in [1.82, 2.24) is 4.98 Å². The van der Waals surface area contributed by atoms with Crippen molar-refractivity contribution in [3.8, 4) is 0 Å². The number of carbonyl (C=O) groups is 1. The lowest BCUT2D eigenvalue weighted by molar-refractivity contribution is 0.0373. The first-order chi connectivity index (χ1) is 13.2. The fourth-order valence-corrected chi connectivity index (χ4v) is 3.12. The van der Waals surface area contributed by atoms with Crippen LogP contribution >= 0.6 is 0 Å². The molecule has 0 spiro atoms. The molecule has 4 rings (SSSR count). The van der Waals surface area contributed by atoms with Gasteiger partial charge in [0.05, 0.1) is 11.3 Å². The molecule has 0 saturated carbocycles. The second-order valence-electron chi connectivity index (χ2n) is 6.48. The van der Waals surface area contributed by atoms with E-state index in [1.807, 2.05) is 79.7 Å². The van der Waals surface area contributed by atoms with Crippen molar-refractivity contribution in [2.24, 2.45) is 0 Å². The number of hydrogen-bond acceptors (Lipinski definition) is 3. The number of aromatic nitrogens is 1. The zero-order valence-corrected chi connectivity index (χ0v) is 15.0. The molecule has 0 aliphatic heterocycles. The van der Waals surface area contributed by atoms with Gasteiger partial charge in [0, 0.05) is 11.6 Å². The van der Waals surface area contributed by atoms with Crippen LogP contribution in [0.3, 0.4) is 0 Å². The van der Waals surface area contributed by atoms with E-state index in [2.05, 4.69) is 4.98 Å². The molecule has 3 heteroatoms. The first-order valence-corrected chi connectivity index (χ1v) is 8.88. The first kappa shape index (κ1) is 17.0. The Bertz CT molecular complexity index is 1070. The molecule has 0 bridgehead atoms. The quantitative estimate of drug-likeness (QED) is 0.455. The van der Waals surface area contributed by atoms with Gasteiger partial charge in [-0.2, -0.15) is 0 Å². The molecular weight excluding hydrogens is 334 g/mol. The number of carbonyl (C=O) groups excluding carboxylic acids is 1. The molecule has 132 valence electrons. The van der Waals surface area contributed by atoms with Gasteiger partial charge in [-0.1, -0.05) is 72.3 Å². The van der Waals surface area contributed by atoms with Crippen LogP contribution < -0.4 is 0 Å². The molecule has 0 aliphatic rings. The monoisotopic (exact) mass is 353 g/mol. The highest BCUT2D eigenvalue weighted by Gasteiger charge is 2.23. The van der Waals surface area contributed by atoms with E-state index in [0.29, 0.717) is 5.56 Å². The van der Waals surface area contributed by atoms with Crippen LogP contribution in [0, 0.1) is 6.92 Å². The Balaban J connectivity index is 1.80. The van der Waals surface area contributed by atoms with E-state index in [-0.39, 0.29) is 5.97 Å². The summed E-state index contributed by atoms with van der Waals surface area (Å²) in [6.07, 6.45) is 1.18. The number of benzene rings is 3. The average molecular weight is 353 g/mol. The summed E-state index contributed by atoms with van der Waals surface area (Å²) >= 11 is 0. The van der Waals surface area contributed by atoms with Gasteiger partial charge >= 0.3 is 5.97 Å². The summed E-state index contributed by atoms with van der Waals surface area (Å²) in [6, 6.07) is 27.0. The Kier molecular flexibility index (Phi) is 4.67. The number of ether oxygens (including phenoxy) is 1. The van der Waals surface area contributed by atoms with Crippen LogP contribution in [0.25, 0.3) is 10.8 Å². The topological polar surface area (TPSA) is 39.2 Å². The molecular formula is C24H19NO2. The second-order valence-corrected chi connectivity index (χ2v) is 6.48. The molecule has 1 aromatic heterocycles. The number of pyridine rings is 1. The lowest BCUT2D eigenvalue weighted by atomic mass is 10.00. The third-order valence-corrected chi connectivity index (χ3v) is 4.57. The fraction of sp³-hybridized carbons (Fsp3) is 0.0833. The number of esters is 1. The molecule has 1 atom stereocenters. The highest BCUT2D eigenvalue weighted by molar-refractivity contribution is 5.90. The van der Waals surface area contributed by atoms with E-state index in [1.165, 1.54) is 0 Å². The Labute approximate surface area is 158 Å². The van der Waals surface area contributed by atoms with Gasteiger partial charge in [0.25, 0.3) is 0 Å². The summed E-state index contributed by atoms with van der Waals surface area (Å²) in [5.74, 6) is -0.365. The molecule has 3 nitrogen and oxygen atoms in total. The van der Waals surface area contributed by atoms with Crippen LogP contribution in [0.5, 0.6) is 0 Å². The van der Waals surface area contributed by atoms with Gasteiger partial charge in [0.1, 0.15) is 0 Å². The Morgan fingerprint density at radius 2 is 1.56 bits per heavy atom. The maximum Gasteiger partial charge on any atom is 0.339 e. The Morgan fingerprint density at radius 3 is 2.33 bits per heavy atom. The zero-order chi connectivity index (χ0) is 18.6. The predicted octanol–water partition coefficient (Wildman–Crippen LogP) is 5.49. The van der Waals surface area contributed by atoms with Gasteiger partial charge in [0.15, 0.2) is 6.10 Å². The van der Waals surface area contributed by atoms with Crippen molar-refractivity contribution in [3.05, 3.63) is 114 Å². The second kappa shape index (κ2) is 7.42. The van der Waals surface area contributed by atoms with E-state index in [4.69, 9.17) is 4.74 Å². The molecule has 1 heterocycles. The SMILES string of the molecule is Cc1ccc(C(OC(=O)c2ccccc2)c2nccc3ccccc23)cc1. The van der Waals surface area contributed by atoms with Gasteiger partial charge in [-0.3, -0.25) is 4.98 Å². The van der Waals surface area contributed by atoms with E-state index >= 15 is 0 Å². The number of rotatable bonds is 4. The van der Waals surface area contributed by atoms with Crippen molar-refractivity contribution >= 4 is 16.7 Å². The summed E-state index contributed by atoms with van der Waals surface area (Å²) in [6.45, 7) is 2.03. The molecule has 0 fully saturated rings. The van der Waals surface area contributed by atoms with Crippen molar-refractivity contribution < 1.29 is 9.53 Å². The fourth-order valence-electron chi connectivity index (χ4n) is 3.12. The minimum atomic E-state index is -0.579. The number of fused-ring (bicyclic) bond motifs is 1. The lowest BCUT2D eigenvalue weighted by Crippen LogP contribution is -2.14. The van der Waals surface area contributed by atoms with E-state index in [0.717, 1.165) is 27.6 Å². The van der Waals surface area contributed by atoms with Crippen LogP contribution in [-0.2, 0) is 4.74 Å². The maximum absolute atomic E-state index is 12.8. The largest absolute Gasteiger partial charge is 0.447 e. The van der Waals surface area contributed by atoms with Crippen LogP contribution in [0.1, 0.15) is 33.3 Å². The summed E-state index contributed by atoms with van der Waals surface area (Å²) < 4.78 is 5.96. The van der Waals surface area contributed by atoms with Crippen molar-refractivity contribution in [1.29, 1.82) is 0 Å². The number of nitrogens with zero attached hydrogens (tertiary/aromatic N) is 1. The van der Waals surface area contributed by atoms with Crippen LogP contribution in [0.4, 0.5) is 0 Å². The van der Waals surface area contributed by atoms with Crippen LogP contribution in [0.15, 0.2) is 91.1 Å². The van der Waals surface area contributed by atoms with Gasteiger partial charge < -0.3 is 4.74 Å². The van der Waals surface area contributed by atoms with E-state index < -0.39 is 6.10 Å². The molecule has 0 radical (unpaired) electrons. The van der Waals surface area contributed by atoms with Crippen LogP contribution in [-0.4, -0.2) is 11.0 Å². The molecule has 4 aromatic rings. The highest BCUT2D eigenvalue weighted by Crippen LogP contribution is 2.31. The standard InChI is InChI=1S/C24H19NO2/c1-17-11-13-19(14-12-17)23(27-24(26)20-8-3-2-4-9-20)22-21-10-6-5-7-18(21)15-16-25-22/h2-16,23H,1H3. The zero-order valence-electron chi connectivity index (χ0n) is 15.0. The van der Waals surface area contributed by atoms with Gasteiger partial charge in [-0.15, -0.1) is 0 Å². The van der Waals surface area contributed by atoms with E-state index in [1.54, 1.807) is 18.3 Å². The molecule has 0 aliphatic carbocycles. The maximum atomic E-state index is 12.8. The molecule has 27 heavy (non-hydrogen) atoms.